The summed E-state index contributed by atoms with van der Waals surface area (Å²) in [5.74, 6) is 0.491. The van der Waals surface area contributed by atoms with E-state index in [1.807, 2.05) is 12.1 Å². The molecule has 0 fully saturated rings. The summed E-state index contributed by atoms with van der Waals surface area (Å²) < 4.78 is 5.22. The van der Waals surface area contributed by atoms with Crippen molar-refractivity contribution >= 4 is 10.8 Å². The summed E-state index contributed by atoms with van der Waals surface area (Å²) in [7, 11) is 1.58. The minimum absolute atomic E-state index is 0.241. The quantitative estimate of drug-likeness (QED) is 0.797. The van der Waals surface area contributed by atoms with Crippen LogP contribution in [0.1, 0.15) is 17.3 Å². The van der Waals surface area contributed by atoms with Gasteiger partial charge in [-0.25, -0.2) is 4.98 Å². The van der Waals surface area contributed by atoms with E-state index in [2.05, 4.69) is 40.3 Å². The molecule has 2 N–H and O–H groups in total. The molecule has 2 aromatic carbocycles. The van der Waals surface area contributed by atoms with Crippen molar-refractivity contribution in [1.29, 1.82) is 0 Å². The minimum atomic E-state index is -0.241. The first kappa shape index (κ1) is 13.5. The molecular weight excluding hydrogens is 262 g/mol. The molecule has 1 unspecified atom stereocenters. The zero-order valence-electron chi connectivity index (χ0n) is 11.9. The molecule has 3 aromatic rings. The van der Waals surface area contributed by atoms with Gasteiger partial charge in [-0.1, -0.05) is 42.5 Å². The Morgan fingerprint density at radius 3 is 2.62 bits per heavy atom. The lowest BCUT2D eigenvalue weighted by molar-refractivity contribution is 0.384. The van der Waals surface area contributed by atoms with Crippen LogP contribution in [0.2, 0.25) is 0 Å². The maximum atomic E-state index is 6.26. The Hall–Kier alpha value is -2.46. The number of rotatable bonds is 4. The molecule has 0 saturated carbocycles. The van der Waals surface area contributed by atoms with E-state index in [4.69, 9.17) is 10.5 Å². The van der Waals surface area contributed by atoms with Crippen molar-refractivity contribution in [1.82, 2.24) is 9.97 Å². The van der Waals surface area contributed by atoms with Crippen LogP contribution in [0.25, 0.3) is 10.8 Å². The third-order valence-corrected chi connectivity index (χ3v) is 3.51. The van der Waals surface area contributed by atoms with E-state index >= 15 is 0 Å². The van der Waals surface area contributed by atoms with Crippen LogP contribution in [0.3, 0.4) is 0 Å². The predicted octanol–water partition coefficient (Wildman–Crippen LogP) is 2.88. The highest BCUT2D eigenvalue weighted by molar-refractivity contribution is 5.83. The fourth-order valence-corrected chi connectivity index (χ4v) is 2.46. The van der Waals surface area contributed by atoms with Crippen LogP contribution < -0.4 is 10.5 Å². The number of nitrogens with two attached hydrogens (primary N) is 1. The van der Waals surface area contributed by atoms with Gasteiger partial charge in [0.2, 0.25) is 5.88 Å². The molecule has 1 aromatic heterocycles. The Morgan fingerprint density at radius 2 is 1.81 bits per heavy atom. The van der Waals surface area contributed by atoms with Gasteiger partial charge < -0.3 is 10.5 Å². The monoisotopic (exact) mass is 279 g/mol. The van der Waals surface area contributed by atoms with Crippen LogP contribution in [0.15, 0.2) is 54.9 Å². The summed E-state index contributed by atoms with van der Waals surface area (Å²) in [4.78, 5) is 8.44. The second-order valence-electron chi connectivity index (χ2n) is 4.94. The summed E-state index contributed by atoms with van der Waals surface area (Å²) >= 11 is 0. The summed E-state index contributed by atoms with van der Waals surface area (Å²) in [5.41, 5.74) is 8.13. The zero-order chi connectivity index (χ0) is 14.7. The van der Waals surface area contributed by atoms with Gasteiger partial charge in [0, 0.05) is 12.4 Å². The van der Waals surface area contributed by atoms with Crippen LogP contribution >= 0.6 is 0 Å². The van der Waals surface area contributed by atoms with E-state index in [0.717, 1.165) is 0 Å². The van der Waals surface area contributed by atoms with Gasteiger partial charge in [-0.3, -0.25) is 4.98 Å². The molecule has 4 heteroatoms. The standard InChI is InChI=1S/C17H17N3O/c1-21-17-16(19-8-9-20-17)15(18)11-12-6-7-13-4-2-3-5-14(13)10-12/h2-10,15H,11,18H2,1H3. The lowest BCUT2D eigenvalue weighted by Crippen LogP contribution is -2.16. The van der Waals surface area contributed by atoms with Crippen LogP contribution in [0.5, 0.6) is 5.88 Å². The second-order valence-corrected chi connectivity index (χ2v) is 4.94. The molecule has 0 aliphatic heterocycles. The van der Waals surface area contributed by atoms with E-state index in [1.165, 1.54) is 16.3 Å². The first-order chi connectivity index (χ1) is 10.3. The van der Waals surface area contributed by atoms with E-state index in [0.29, 0.717) is 18.0 Å². The molecule has 106 valence electrons. The molecule has 1 atom stereocenters. The lowest BCUT2D eigenvalue weighted by atomic mass is 10.0. The molecule has 4 nitrogen and oxygen atoms in total. The van der Waals surface area contributed by atoms with E-state index in [1.54, 1.807) is 19.5 Å². The highest BCUT2D eigenvalue weighted by atomic mass is 16.5. The van der Waals surface area contributed by atoms with Crippen LogP contribution in [-0.2, 0) is 6.42 Å². The van der Waals surface area contributed by atoms with Gasteiger partial charge >= 0.3 is 0 Å². The lowest BCUT2D eigenvalue weighted by Gasteiger charge is -2.13. The van der Waals surface area contributed by atoms with E-state index in [-0.39, 0.29) is 6.04 Å². The van der Waals surface area contributed by atoms with Gasteiger partial charge in [-0.2, -0.15) is 0 Å². The van der Waals surface area contributed by atoms with Gasteiger partial charge in [-0.05, 0) is 22.8 Å². The number of methoxy groups -OCH3 is 1. The molecule has 0 spiro atoms. The Bertz CT molecular complexity index is 758. The number of aromatic nitrogens is 2. The molecular formula is C17H17N3O. The number of fused-ring (bicyclic) bond motifs is 1. The van der Waals surface area contributed by atoms with E-state index < -0.39 is 0 Å². The first-order valence-corrected chi connectivity index (χ1v) is 6.86. The molecule has 0 radical (unpaired) electrons. The van der Waals surface area contributed by atoms with Crippen molar-refractivity contribution < 1.29 is 4.74 Å². The van der Waals surface area contributed by atoms with Gasteiger partial charge in [0.1, 0.15) is 5.69 Å². The van der Waals surface area contributed by atoms with Crippen molar-refractivity contribution in [3.05, 3.63) is 66.1 Å². The van der Waals surface area contributed by atoms with Crippen LogP contribution in [0, 0.1) is 0 Å². The van der Waals surface area contributed by atoms with Crippen LogP contribution in [0.4, 0.5) is 0 Å². The summed E-state index contributed by atoms with van der Waals surface area (Å²) in [6.07, 6.45) is 3.93. The third kappa shape index (κ3) is 2.85. The van der Waals surface area contributed by atoms with Gasteiger partial charge in [-0.15, -0.1) is 0 Å². The summed E-state index contributed by atoms with van der Waals surface area (Å²) in [6, 6.07) is 14.4. The number of benzene rings is 2. The number of hydrogen-bond donors (Lipinski definition) is 1. The summed E-state index contributed by atoms with van der Waals surface area (Å²) in [6.45, 7) is 0. The topological polar surface area (TPSA) is 61.0 Å². The predicted molar refractivity (Wildman–Crippen MR) is 83.2 cm³/mol. The molecule has 0 aliphatic rings. The normalized spacial score (nSPS) is 12.3. The Labute approximate surface area is 123 Å². The largest absolute Gasteiger partial charge is 0.480 e. The highest BCUT2D eigenvalue weighted by Crippen LogP contribution is 2.23. The molecule has 0 amide bonds. The third-order valence-electron chi connectivity index (χ3n) is 3.51. The van der Waals surface area contributed by atoms with Gasteiger partial charge in [0.15, 0.2) is 0 Å². The fourth-order valence-electron chi connectivity index (χ4n) is 2.46. The highest BCUT2D eigenvalue weighted by Gasteiger charge is 2.15. The molecule has 21 heavy (non-hydrogen) atoms. The van der Waals surface area contributed by atoms with Crippen molar-refractivity contribution in [2.24, 2.45) is 5.73 Å². The van der Waals surface area contributed by atoms with E-state index in [9.17, 15) is 0 Å². The smallest absolute Gasteiger partial charge is 0.236 e. The Morgan fingerprint density at radius 1 is 1.05 bits per heavy atom. The summed E-state index contributed by atoms with van der Waals surface area (Å²) in [5, 5.41) is 2.44. The molecule has 1 heterocycles. The Balaban J connectivity index is 1.87. The minimum Gasteiger partial charge on any atom is -0.480 e. The van der Waals surface area contributed by atoms with Crippen molar-refractivity contribution in [2.75, 3.05) is 7.11 Å². The zero-order valence-corrected chi connectivity index (χ0v) is 11.9. The van der Waals surface area contributed by atoms with Gasteiger partial charge in [0.25, 0.3) is 0 Å². The van der Waals surface area contributed by atoms with Crippen LogP contribution in [-0.4, -0.2) is 17.1 Å². The molecule has 3 rings (SSSR count). The van der Waals surface area contributed by atoms with Crippen molar-refractivity contribution in [3.63, 3.8) is 0 Å². The average Bonchev–Trinajstić information content (AvgIpc) is 2.54. The number of ether oxygens (including phenoxy) is 1. The molecule has 0 aliphatic carbocycles. The first-order valence-electron chi connectivity index (χ1n) is 6.86. The SMILES string of the molecule is COc1nccnc1C(N)Cc1ccc2ccccc2c1. The number of nitrogens with zero attached hydrogens (tertiary/aromatic N) is 2. The van der Waals surface area contributed by atoms with Crippen molar-refractivity contribution in [3.8, 4) is 5.88 Å². The maximum absolute atomic E-state index is 6.26. The average molecular weight is 279 g/mol. The van der Waals surface area contributed by atoms with Crippen molar-refractivity contribution in [2.45, 2.75) is 12.5 Å². The Kier molecular flexibility index (Phi) is 3.79. The molecule has 0 bridgehead atoms. The second kappa shape index (κ2) is 5.89. The molecule has 0 saturated heterocycles. The number of hydrogen-bond acceptors (Lipinski definition) is 4. The maximum Gasteiger partial charge on any atom is 0.236 e. The fraction of sp³-hybridized carbons (Fsp3) is 0.176. The van der Waals surface area contributed by atoms with Gasteiger partial charge in [0.05, 0.1) is 13.2 Å².